The van der Waals surface area contributed by atoms with Gasteiger partial charge < -0.3 is 4.90 Å². The summed E-state index contributed by atoms with van der Waals surface area (Å²) in [6.45, 7) is 6.16. The SMILES string of the molecule is Cc1ccccc1S(=O)(=O)n1ccc2c(N3CCN4CCCC4C3)cccc21. The molecule has 6 heteroatoms. The summed E-state index contributed by atoms with van der Waals surface area (Å²) in [4.78, 5) is 5.38. The fraction of sp³-hybridized carbons (Fsp3) is 0.364. The van der Waals surface area contributed by atoms with Crippen LogP contribution in [-0.2, 0) is 10.0 Å². The van der Waals surface area contributed by atoms with Crippen LogP contribution in [0.3, 0.4) is 0 Å². The molecule has 0 saturated carbocycles. The number of hydrogen-bond acceptors (Lipinski definition) is 4. The molecule has 0 spiro atoms. The molecule has 1 atom stereocenters. The minimum Gasteiger partial charge on any atom is -0.368 e. The highest BCUT2D eigenvalue weighted by molar-refractivity contribution is 7.90. The molecule has 0 N–H and O–H groups in total. The lowest BCUT2D eigenvalue weighted by Crippen LogP contribution is -2.50. The molecule has 2 aliphatic rings. The molecule has 0 bridgehead atoms. The van der Waals surface area contributed by atoms with Crippen LogP contribution in [0.15, 0.2) is 59.6 Å². The summed E-state index contributed by atoms with van der Waals surface area (Å²) < 4.78 is 28.0. The van der Waals surface area contributed by atoms with Crippen molar-refractivity contribution in [3.63, 3.8) is 0 Å². The van der Waals surface area contributed by atoms with Crippen LogP contribution in [0.25, 0.3) is 10.9 Å². The van der Waals surface area contributed by atoms with Crippen molar-refractivity contribution in [1.82, 2.24) is 8.87 Å². The van der Waals surface area contributed by atoms with E-state index in [0.717, 1.165) is 41.8 Å². The highest BCUT2D eigenvalue weighted by Crippen LogP contribution is 2.33. The number of aryl methyl sites for hydroxylation is 1. The number of nitrogens with zero attached hydrogens (tertiary/aromatic N) is 3. The van der Waals surface area contributed by atoms with Crippen LogP contribution in [0.1, 0.15) is 18.4 Å². The first kappa shape index (κ1) is 17.8. The molecule has 5 rings (SSSR count). The van der Waals surface area contributed by atoms with E-state index in [1.165, 1.54) is 23.4 Å². The van der Waals surface area contributed by atoms with Gasteiger partial charge in [-0.25, -0.2) is 12.4 Å². The van der Waals surface area contributed by atoms with Gasteiger partial charge in [-0.1, -0.05) is 24.3 Å². The molecule has 3 heterocycles. The summed E-state index contributed by atoms with van der Waals surface area (Å²) in [5, 5.41) is 1.01. The predicted molar refractivity (Wildman–Crippen MR) is 113 cm³/mol. The largest absolute Gasteiger partial charge is 0.368 e. The van der Waals surface area contributed by atoms with Crippen LogP contribution in [0.2, 0.25) is 0 Å². The Labute approximate surface area is 166 Å². The van der Waals surface area contributed by atoms with Crippen LogP contribution in [-0.4, -0.2) is 49.5 Å². The Morgan fingerprint density at radius 1 is 0.964 bits per heavy atom. The van der Waals surface area contributed by atoms with Gasteiger partial charge in [0.05, 0.1) is 10.4 Å². The highest BCUT2D eigenvalue weighted by atomic mass is 32.2. The van der Waals surface area contributed by atoms with Crippen molar-refractivity contribution in [1.29, 1.82) is 0 Å². The number of piperazine rings is 1. The second-order valence-electron chi connectivity index (χ2n) is 7.87. The zero-order valence-electron chi connectivity index (χ0n) is 16.1. The van der Waals surface area contributed by atoms with Gasteiger partial charge in [0.2, 0.25) is 0 Å². The number of fused-ring (bicyclic) bond motifs is 2. The number of hydrogen-bond donors (Lipinski definition) is 0. The van der Waals surface area contributed by atoms with E-state index < -0.39 is 10.0 Å². The third kappa shape index (κ3) is 2.74. The lowest BCUT2D eigenvalue weighted by atomic mass is 10.1. The van der Waals surface area contributed by atoms with Crippen molar-refractivity contribution < 1.29 is 8.42 Å². The second-order valence-corrected chi connectivity index (χ2v) is 9.65. The standard InChI is InChI=1S/C22H25N3O2S/c1-17-6-2-3-10-22(17)28(26,27)25-13-11-19-20(8-4-9-21(19)25)24-15-14-23-12-5-7-18(23)16-24/h2-4,6,8-11,13,18H,5,7,12,14-16H2,1H3. The number of aromatic nitrogens is 1. The Balaban J connectivity index is 1.57. The van der Waals surface area contributed by atoms with Crippen molar-refractivity contribution in [3.8, 4) is 0 Å². The summed E-state index contributed by atoms with van der Waals surface area (Å²) >= 11 is 0. The zero-order chi connectivity index (χ0) is 19.3. The molecular weight excluding hydrogens is 370 g/mol. The average molecular weight is 396 g/mol. The van der Waals surface area contributed by atoms with Crippen molar-refractivity contribution in [3.05, 3.63) is 60.3 Å². The lowest BCUT2D eigenvalue weighted by Gasteiger charge is -2.39. The molecule has 0 aliphatic carbocycles. The molecule has 146 valence electrons. The van der Waals surface area contributed by atoms with Gasteiger partial charge in [-0.15, -0.1) is 0 Å². The first-order valence-corrected chi connectivity index (χ1v) is 11.4. The van der Waals surface area contributed by atoms with E-state index in [-0.39, 0.29) is 0 Å². The topological polar surface area (TPSA) is 45.6 Å². The van der Waals surface area contributed by atoms with Crippen LogP contribution < -0.4 is 4.90 Å². The third-order valence-corrected chi connectivity index (χ3v) is 8.08. The van der Waals surface area contributed by atoms with Crippen LogP contribution in [0.5, 0.6) is 0 Å². The molecule has 3 aromatic rings. The molecule has 1 unspecified atom stereocenters. The summed E-state index contributed by atoms with van der Waals surface area (Å²) in [6.07, 6.45) is 4.24. The Kier molecular flexibility index (Phi) is 4.21. The van der Waals surface area contributed by atoms with Crippen LogP contribution >= 0.6 is 0 Å². The van der Waals surface area contributed by atoms with Gasteiger partial charge in [-0.2, -0.15) is 0 Å². The minimum atomic E-state index is -3.62. The van der Waals surface area contributed by atoms with Gasteiger partial charge in [0.25, 0.3) is 10.0 Å². The van der Waals surface area contributed by atoms with E-state index in [2.05, 4.69) is 15.9 Å². The first-order chi connectivity index (χ1) is 13.6. The van der Waals surface area contributed by atoms with Gasteiger partial charge in [0.15, 0.2) is 0 Å². The van der Waals surface area contributed by atoms with Crippen molar-refractivity contribution >= 4 is 26.6 Å². The monoisotopic (exact) mass is 395 g/mol. The number of benzene rings is 2. The van der Waals surface area contributed by atoms with E-state index in [0.29, 0.717) is 10.9 Å². The smallest absolute Gasteiger partial charge is 0.268 e. The Morgan fingerprint density at radius 3 is 2.68 bits per heavy atom. The molecule has 2 aliphatic heterocycles. The molecule has 1 aromatic heterocycles. The zero-order valence-corrected chi connectivity index (χ0v) is 16.9. The quantitative estimate of drug-likeness (QED) is 0.681. The van der Waals surface area contributed by atoms with Gasteiger partial charge in [0, 0.05) is 42.9 Å². The van der Waals surface area contributed by atoms with Gasteiger partial charge in [-0.05, 0) is 56.1 Å². The molecule has 5 nitrogen and oxygen atoms in total. The van der Waals surface area contributed by atoms with Crippen molar-refractivity contribution in [2.45, 2.75) is 30.7 Å². The molecule has 2 fully saturated rings. The number of rotatable bonds is 3. The second kappa shape index (κ2) is 6.64. The van der Waals surface area contributed by atoms with Gasteiger partial charge in [0.1, 0.15) is 0 Å². The normalized spacial score (nSPS) is 20.6. The molecular formula is C22H25N3O2S. The molecule has 2 aromatic carbocycles. The summed E-state index contributed by atoms with van der Waals surface area (Å²) in [7, 11) is -3.62. The maximum absolute atomic E-state index is 13.3. The Hall–Kier alpha value is -2.31. The summed E-state index contributed by atoms with van der Waals surface area (Å²) in [6, 6.07) is 15.7. The fourth-order valence-corrected chi connectivity index (χ4v) is 6.35. The van der Waals surface area contributed by atoms with Crippen molar-refractivity contribution in [2.75, 3.05) is 31.1 Å². The lowest BCUT2D eigenvalue weighted by molar-refractivity contribution is 0.231. The summed E-state index contributed by atoms with van der Waals surface area (Å²) in [5.41, 5.74) is 2.65. The van der Waals surface area contributed by atoms with E-state index in [4.69, 9.17) is 0 Å². The molecule has 2 saturated heterocycles. The first-order valence-electron chi connectivity index (χ1n) is 9.96. The van der Waals surface area contributed by atoms with E-state index in [1.807, 2.05) is 37.3 Å². The minimum absolute atomic E-state index is 0.359. The summed E-state index contributed by atoms with van der Waals surface area (Å²) in [5.74, 6) is 0. The maximum Gasteiger partial charge on any atom is 0.268 e. The average Bonchev–Trinajstić information content (AvgIpc) is 3.34. The van der Waals surface area contributed by atoms with E-state index in [1.54, 1.807) is 18.3 Å². The molecule has 0 radical (unpaired) electrons. The maximum atomic E-state index is 13.3. The van der Waals surface area contributed by atoms with Crippen LogP contribution in [0.4, 0.5) is 5.69 Å². The van der Waals surface area contributed by atoms with Gasteiger partial charge in [-0.3, -0.25) is 4.90 Å². The fourth-order valence-electron chi connectivity index (χ4n) is 4.77. The van der Waals surface area contributed by atoms with Crippen molar-refractivity contribution in [2.24, 2.45) is 0 Å². The predicted octanol–water partition coefficient (Wildman–Crippen LogP) is 3.47. The Bertz CT molecular complexity index is 1140. The Morgan fingerprint density at radius 2 is 1.82 bits per heavy atom. The van der Waals surface area contributed by atoms with Gasteiger partial charge >= 0.3 is 0 Å². The molecule has 0 amide bonds. The van der Waals surface area contributed by atoms with Crippen LogP contribution in [0, 0.1) is 6.92 Å². The number of anilines is 1. The third-order valence-electron chi connectivity index (χ3n) is 6.23. The van der Waals surface area contributed by atoms with E-state index in [9.17, 15) is 8.42 Å². The molecule has 28 heavy (non-hydrogen) atoms. The highest BCUT2D eigenvalue weighted by Gasteiger charge is 2.31. The van der Waals surface area contributed by atoms with E-state index >= 15 is 0 Å².